The maximum absolute atomic E-state index is 12.9. The molecular weight excluding hydrogens is 292 g/mol. The van der Waals surface area contributed by atoms with E-state index in [0.29, 0.717) is 24.6 Å². The summed E-state index contributed by atoms with van der Waals surface area (Å²) in [5, 5.41) is 9.64. The summed E-state index contributed by atoms with van der Waals surface area (Å²) in [6, 6.07) is 5.49. The summed E-state index contributed by atoms with van der Waals surface area (Å²) in [6.45, 7) is 5.05. The van der Waals surface area contributed by atoms with Crippen molar-refractivity contribution in [3.05, 3.63) is 29.3 Å². The Bertz CT molecular complexity index is 629. The van der Waals surface area contributed by atoms with Gasteiger partial charge in [-0.1, -0.05) is 6.92 Å². The maximum Gasteiger partial charge on any atom is 0.254 e. The average molecular weight is 316 g/mol. The highest BCUT2D eigenvalue weighted by molar-refractivity contribution is 5.98. The van der Waals surface area contributed by atoms with Gasteiger partial charge < -0.3 is 14.9 Å². The first-order chi connectivity index (χ1) is 11.0. The first-order valence-electron chi connectivity index (χ1n) is 8.35. The predicted octanol–water partition coefficient (Wildman–Crippen LogP) is 1.83. The number of aliphatic hydroxyl groups excluding tert-OH is 1. The van der Waals surface area contributed by atoms with Crippen molar-refractivity contribution in [1.29, 1.82) is 0 Å². The molecule has 1 N–H and O–H groups in total. The van der Waals surface area contributed by atoms with Gasteiger partial charge in [0, 0.05) is 31.3 Å². The molecule has 5 nitrogen and oxygen atoms in total. The van der Waals surface area contributed by atoms with Crippen LogP contribution in [0.15, 0.2) is 18.2 Å². The molecule has 2 atom stereocenters. The highest BCUT2D eigenvalue weighted by Gasteiger charge is 2.32. The molecule has 124 valence electrons. The molecule has 23 heavy (non-hydrogen) atoms. The van der Waals surface area contributed by atoms with E-state index in [0.717, 1.165) is 30.5 Å². The predicted molar refractivity (Wildman–Crippen MR) is 88.5 cm³/mol. The second-order valence-electron chi connectivity index (χ2n) is 6.63. The third-order valence-corrected chi connectivity index (χ3v) is 5.17. The van der Waals surface area contributed by atoms with Crippen molar-refractivity contribution >= 4 is 17.5 Å². The zero-order valence-corrected chi connectivity index (χ0v) is 13.8. The summed E-state index contributed by atoms with van der Waals surface area (Å²) in [4.78, 5) is 28.0. The van der Waals surface area contributed by atoms with E-state index in [-0.39, 0.29) is 24.5 Å². The third kappa shape index (κ3) is 2.85. The molecule has 1 aromatic carbocycles. The molecule has 2 aliphatic rings. The smallest absolute Gasteiger partial charge is 0.254 e. The zero-order valence-electron chi connectivity index (χ0n) is 13.8. The van der Waals surface area contributed by atoms with Gasteiger partial charge in [-0.25, -0.2) is 0 Å². The molecule has 0 radical (unpaired) electrons. The molecule has 0 spiro atoms. The van der Waals surface area contributed by atoms with Crippen LogP contribution >= 0.6 is 0 Å². The molecule has 1 fully saturated rings. The summed E-state index contributed by atoms with van der Waals surface area (Å²) >= 11 is 0. The number of likely N-dealkylation sites (tertiary alicyclic amines) is 1. The van der Waals surface area contributed by atoms with Gasteiger partial charge in [0.2, 0.25) is 5.91 Å². The van der Waals surface area contributed by atoms with Gasteiger partial charge in [0.05, 0.1) is 12.6 Å². The summed E-state index contributed by atoms with van der Waals surface area (Å²) in [5.41, 5.74) is 2.62. The van der Waals surface area contributed by atoms with Crippen LogP contribution in [0.3, 0.4) is 0 Å². The van der Waals surface area contributed by atoms with E-state index < -0.39 is 0 Å². The molecule has 1 aromatic rings. The van der Waals surface area contributed by atoms with E-state index in [9.17, 15) is 14.7 Å². The zero-order chi connectivity index (χ0) is 16.6. The van der Waals surface area contributed by atoms with Gasteiger partial charge in [0.1, 0.15) is 0 Å². The highest BCUT2D eigenvalue weighted by Crippen LogP contribution is 2.30. The Morgan fingerprint density at radius 2 is 2.09 bits per heavy atom. The van der Waals surface area contributed by atoms with Crippen LogP contribution in [0.4, 0.5) is 5.69 Å². The van der Waals surface area contributed by atoms with Crippen molar-refractivity contribution in [2.45, 2.75) is 39.2 Å². The van der Waals surface area contributed by atoms with Gasteiger partial charge in [-0.3, -0.25) is 9.59 Å². The van der Waals surface area contributed by atoms with Crippen LogP contribution in [0.1, 0.15) is 42.6 Å². The molecule has 0 aromatic heterocycles. The number of piperidine rings is 1. The quantitative estimate of drug-likeness (QED) is 0.905. The van der Waals surface area contributed by atoms with Gasteiger partial charge >= 0.3 is 0 Å². The second kappa shape index (κ2) is 6.32. The van der Waals surface area contributed by atoms with Gasteiger partial charge in [-0.15, -0.1) is 0 Å². The van der Waals surface area contributed by atoms with Crippen molar-refractivity contribution < 1.29 is 14.7 Å². The minimum atomic E-state index is -0.0989. The van der Waals surface area contributed by atoms with Crippen LogP contribution in [-0.4, -0.2) is 47.6 Å². The van der Waals surface area contributed by atoms with Crippen molar-refractivity contribution in [2.24, 2.45) is 5.92 Å². The van der Waals surface area contributed by atoms with E-state index in [2.05, 4.69) is 6.92 Å². The standard InChI is InChI=1S/C18H24N2O3/c1-12-4-3-8-20(17(12)11-21)18(23)15-5-6-16-14(10-15)7-9-19(16)13(2)22/h5-6,10,12,17,21H,3-4,7-9,11H2,1-2H3. The molecule has 3 rings (SSSR count). The van der Waals surface area contributed by atoms with Gasteiger partial charge in [-0.05, 0) is 48.9 Å². The van der Waals surface area contributed by atoms with Crippen molar-refractivity contribution in [1.82, 2.24) is 4.90 Å². The van der Waals surface area contributed by atoms with E-state index in [1.807, 2.05) is 17.0 Å². The van der Waals surface area contributed by atoms with Crippen molar-refractivity contribution in [3.63, 3.8) is 0 Å². The summed E-state index contributed by atoms with van der Waals surface area (Å²) < 4.78 is 0. The first-order valence-corrected chi connectivity index (χ1v) is 8.35. The van der Waals surface area contributed by atoms with Crippen molar-refractivity contribution in [2.75, 3.05) is 24.6 Å². The molecule has 5 heteroatoms. The van der Waals surface area contributed by atoms with Gasteiger partial charge in [0.15, 0.2) is 0 Å². The van der Waals surface area contributed by atoms with Crippen LogP contribution in [-0.2, 0) is 11.2 Å². The van der Waals surface area contributed by atoms with Gasteiger partial charge in [0.25, 0.3) is 5.91 Å². The Labute approximate surface area is 136 Å². The topological polar surface area (TPSA) is 60.9 Å². The van der Waals surface area contributed by atoms with E-state index in [4.69, 9.17) is 0 Å². The number of anilines is 1. The second-order valence-corrected chi connectivity index (χ2v) is 6.63. The van der Waals surface area contributed by atoms with Crippen LogP contribution < -0.4 is 4.90 Å². The number of hydrogen-bond donors (Lipinski definition) is 1. The Morgan fingerprint density at radius 3 is 2.78 bits per heavy atom. The number of hydrogen-bond acceptors (Lipinski definition) is 3. The van der Waals surface area contributed by atoms with Crippen LogP contribution in [0.2, 0.25) is 0 Å². The van der Waals surface area contributed by atoms with Crippen molar-refractivity contribution in [3.8, 4) is 0 Å². The molecule has 2 unspecified atom stereocenters. The molecule has 0 saturated carbocycles. The monoisotopic (exact) mass is 316 g/mol. The number of rotatable bonds is 2. The van der Waals surface area contributed by atoms with E-state index in [1.165, 1.54) is 0 Å². The molecule has 0 aliphatic carbocycles. The number of aliphatic hydroxyl groups is 1. The molecular formula is C18H24N2O3. The minimum Gasteiger partial charge on any atom is -0.394 e. The maximum atomic E-state index is 12.9. The molecule has 1 saturated heterocycles. The summed E-state index contributed by atoms with van der Waals surface area (Å²) in [6.07, 6.45) is 2.81. The number of amides is 2. The third-order valence-electron chi connectivity index (χ3n) is 5.17. The van der Waals surface area contributed by atoms with Crippen LogP contribution in [0.25, 0.3) is 0 Å². The molecule has 2 aliphatic heterocycles. The Morgan fingerprint density at radius 1 is 1.30 bits per heavy atom. The Balaban J connectivity index is 1.85. The fourth-order valence-electron chi connectivity index (χ4n) is 3.81. The van der Waals surface area contributed by atoms with E-state index >= 15 is 0 Å². The highest BCUT2D eigenvalue weighted by atomic mass is 16.3. The number of carbonyl (C=O) groups is 2. The Kier molecular flexibility index (Phi) is 4.39. The number of benzene rings is 1. The lowest BCUT2D eigenvalue weighted by Crippen LogP contribution is -2.49. The number of fused-ring (bicyclic) bond motifs is 1. The fraction of sp³-hybridized carbons (Fsp3) is 0.556. The normalized spacial score (nSPS) is 23.8. The van der Waals surface area contributed by atoms with Crippen LogP contribution in [0.5, 0.6) is 0 Å². The molecule has 0 bridgehead atoms. The SMILES string of the molecule is CC(=O)N1CCc2cc(C(=O)N3CCCC(C)C3CO)ccc21. The fourth-order valence-corrected chi connectivity index (χ4v) is 3.81. The lowest BCUT2D eigenvalue weighted by atomic mass is 9.90. The average Bonchev–Trinajstić information content (AvgIpc) is 2.97. The van der Waals surface area contributed by atoms with Crippen LogP contribution in [0, 0.1) is 5.92 Å². The lowest BCUT2D eigenvalue weighted by Gasteiger charge is -2.39. The minimum absolute atomic E-state index is 0.00988. The molecule has 2 amide bonds. The Hall–Kier alpha value is -1.88. The summed E-state index contributed by atoms with van der Waals surface area (Å²) in [7, 11) is 0. The number of carbonyl (C=O) groups excluding carboxylic acids is 2. The largest absolute Gasteiger partial charge is 0.394 e. The lowest BCUT2D eigenvalue weighted by molar-refractivity contribution is -0.116. The molecule has 2 heterocycles. The number of nitrogens with zero attached hydrogens (tertiary/aromatic N) is 2. The summed E-state index contributed by atoms with van der Waals surface area (Å²) in [5.74, 6) is 0.341. The van der Waals surface area contributed by atoms with E-state index in [1.54, 1.807) is 17.9 Å². The first kappa shape index (κ1) is 16.0. The van der Waals surface area contributed by atoms with Gasteiger partial charge in [-0.2, -0.15) is 0 Å².